The SMILES string of the molecule is Cc1ccccc1[C@H]1C2=C(C[C@H](c3ccccc3)CC2=O)Nc2onc(C)c21. The van der Waals surface area contributed by atoms with Gasteiger partial charge < -0.3 is 9.84 Å². The van der Waals surface area contributed by atoms with Gasteiger partial charge in [0.1, 0.15) is 0 Å². The first-order chi connectivity index (χ1) is 13.6. The van der Waals surface area contributed by atoms with Crippen molar-refractivity contribution in [1.29, 1.82) is 0 Å². The van der Waals surface area contributed by atoms with Crippen LogP contribution in [0.3, 0.4) is 0 Å². The summed E-state index contributed by atoms with van der Waals surface area (Å²) in [6, 6.07) is 18.6. The van der Waals surface area contributed by atoms with Gasteiger partial charge in [0.05, 0.1) is 11.3 Å². The number of ketones is 1. The van der Waals surface area contributed by atoms with E-state index in [1.807, 2.05) is 37.3 Å². The standard InChI is InChI=1S/C24H22N2O2/c1-14-8-6-7-11-18(14)22-21-15(2)26-28-24(21)25-19-12-17(13-20(27)23(19)22)16-9-4-3-5-10-16/h3-11,17,22,25H,12-13H2,1-2H3/t17-,22+/m0/s1. The van der Waals surface area contributed by atoms with Crippen molar-refractivity contribution < 1.29 is 9.32 Å². The molecule has 28 heavy (non-hydrogen) atoms. The van der Waals surface area contributed by atoms with E-state index in [1.165, 1.54) is 11.1 Å². The molecule has 5 rings (SSSR count). The molecule has 1 aliphatic carbocycles. The normalized spacial score (nSPS) is 21.1. The summed E-state index contributed by atoms with van der Waals surface area (Å²) in [5.41, 5.74) is 7.19. The third-order valence-electron chi connectivity index (χ3n) is 6.03. The highest BCUT2D eigenvalue weighted by Gasteiger charge is 2.41. The van der Waals surface area contributed by atoms with Crippen molar-refractivity contribution in [1.82, 2.24) is 5.16 Å². The summed E-state index contributed by atoms with van der Waals surface area (Å²) in [6.07, 6.45) is 1.33. The molecule has 2 aliphatic rings. The first-order valence-electron chi connectivity index (χ1n) is 9.73. The van der Waals surface area contributed by atoms with Crippen LogP contribution in [-0.2, 0) is 4.79 Å². The molecular weight excluding hydrogens is 348 g/mol. The molecule has 0 spiro atoms. The second kappa shape index (κ2) is 6.48. The predicted molar refractivity (Wildman–Crippen MR) is 108 cm³/mol. The summed E-state index contributed by atoms with van der Waals surface area (Å²) in [5.74, 6) is 0.944. The summed E-state index contributed by atoms with van der Waals surface area (Å²) >= 11 is 0. The van der Waals surface area contributed by atoms with E-state index >= 15 is 0 Å². The van der Waals surface area contributed by atoms with Crippen LogP contribution in [0.15, 0.2) is 70.4 Å². The smallest absolute Gasteiger partial charge is 0.233 e. The van der Waals surface area contributed by atoms with Crippen LogP contribution in [0.1, 0.15) is 52.6 Å². The molecule has 1 N–H and O–H groups in total. The number of Topliss-reactive ketones (excluding diaryl/α,β-unsaturated/α-hetero) is 1. The Balaban J connectivity index is 1.66. The number of aromatic nitrogens is 1. The van der Waals surface area contributed by atoms with Gasteiger partial charge >= 0.3 is 0 Å². The van der Waals surface area contributed by atoms with Crippen molar-refractivity contribution in [3.63, 3.8) is 0 Å². The van der Waals surface area contributed by atoms with Gasteiger partial charge in [0.2, 0.25) is 5.88 Å². The molecule has 1 aliphatic heterocycles. The minimum Gasteiger partial charge on any atom is -0.338 e. The van der Waals surface area contributed by atoms with Crippen molar-refractivity contribution in [2.75, 3.05) is 5.32 Å². The quantitative estimate of drug-likeness (QED) is 0.669. The van der Waals surface area contributed by atoms with Gasteiger partial charge in [-0.25, -0.2) is 0 Å². The van der Waals surface area contributed by atoms with E-state index in [-0.39, 0.29) is 17.6 Å². The zero-order valence-corrected chi connectivity index (χ0v) is 16.0. The van der Waals surface area contributed by atoms with Crippen LogP contribution in [0, 0.1) is 13.8 Å². The average molecular weight is 370 g/mol. The highest BCUT2D eigenvalue weighted by Crippen LogP contribution is 2.49. The number of hydrogen-bond donors (Lipinski definition) is 1. The number of hydrogen-bond acceptors (Lipinski definition) is 4. The van der Waals surface area contributed by atoms with E-state index in [0.717, 1.165) is 34.5 Å². The maximum absolute atomic E-state index is 13.4. The highest BCUT2D eigenvalue weighted by atomic mass is 16.5. The second-order valence-corrected chi connectivity index (χ2v) is 7.76. The number of fused-ring (bicyclic) bond motifs is 1. The Morgan fingerprint density at radius 3 is 2.54 bits per heavy atom. The Hall–Kier alpha value is -3.14. The third-order valence-corrected chi connectivity index (χ3v) is 6.03. The van der Waals surface area contributed by atoms with Gasteiger partial charge in [-0.05, 0) is 42.9 Å². The molecule has 4 heteroatoms. The minimum absolute atomic E-state index is 0.122. The second-order valence-electron chi connectivity index (χ2n) is 7.76. The lowest BCUT2D eigenvalue weighted by molar-refractivity contribution is -0.116. The van der Waals surface area contributed by atoms with E-state index in [4.69, 9.17) is 4.52 Å². The summed E-state index contributed by atoms with van der Waals surface area (Å²) in [6.45, 7) is 4.04. The van der Waals surface area contributed by atoms with E-state index in [1.54, 1.807) is 0 Å². The number of allylic oxidation sites excluding steroid dienone is 2. The third kappa shape index (κ3) is 2.60. The fourth-order valence-corrected chi connectivity index (χ4v) is 4.66. The van der Waals surface area contributed by atoms with Crippen LogP contribution in [-0.4, -0.2) is 10.9 Å². The number of aryl methyl sites for hydroxylation is 2. The summed E-state index contributed by atoms with van der Waals surface area (Å²) < 4.78 is 5.60. The molecule has 1 aromatic heterocycles. The predicted octanol–water partition coefficient (Wildman–Crippen LogP) is 5.25. The van der Waals surface area contributed by atoms with Gasteiger partial charge in [0.15, 0.2) is 5.78 Å². The van der Waals surface area contributed by atoms with Gasteiger partial charge in [-0.3, -0.25) is 4.79 Å². The van der Waals surface area contributed by atoms with Crippen molar-refractivity contribution in [3.8, 4) is 0 Å². The number of carbonyl (C=O) groups is 1. The Bertz CT molecular complexity index is 1090. The largest absolute Gasteiger partial charge is 0.338 e. The first kappa shape index (κ1) is 17.0. The van der Waals surface area contributed by atoms with Crippen LogP contribution >= 0.6 is 0 Å². The van der Waals surface area contributed by atoms with Crippen LogP contribution in [0.25, 0.3) is 0 Å². The molecule has 0 fully saturated rings. The molecule has 140 valence electrons. The van der Waals surface area contributed by atoms with Gasteiger partial charge in [-0.15, -0.1) is 0 Å². The van der Waals surface area contributed by atoms with Crippen LogP contribution < -0.4 is 5.32 Å². The monoisotopic (exact) mass is 370 g/mol. The van der Waals surface area contributed by atoms with Crippen molar-refractivity contribution in [2.24, 2.45) is 0 Å². The molecule has 0 unspecified atom stereocenters. The molecule has 2 atom stereocenters. The van der Waals surface area contributed by atoms with Crippen LogP contribution in [0.2, 0.25) is 0 Å². The Morgan fingerprint density at radius 1 is 1.00 bits per heavy atom. The molecule has 3 aromatic rings. The van der Waals surface area contributed by atoms with E-state index < -0.39 is 0 Å². The number of nitrogens with one attached hydrogen (secondary N) is 1. The average Bonchev–Trinajstić information content (AvgIpc) is 3.08. The lowest BCUT2D eigenvalue weighted by Crippen LogP contribution is -2.29. The van der Waals surface area contributed by atoms with Crippen molar-refractivity contribution in [3.05, 3.63) is 93.8 Å². The number of anilines is 1. The van der Waals surface area contributed by atoms with Crippen LogP contribution in [0.5, 0.6) is 0 Å². The molecule has 0 bridgehead atoms. The topological polar surface area (TPSA) is 55.1 Å². The zero-order valence-electron chi connectivity index (χ0n) is 16.0. The van der Waals surface area contributed by atoms with Gasteiger partial charge in [-0.2, -0.15) is 0 Å². The van der Waals surface area contributed by atoms with Crippen molar-refractivity contribution >= 4 is 11.7 Å². The molecule has 0 saturated heterocycles. The maximum Gasteiger partial charge on any atom is 0.233 e. The van der Waals surface area contributed by atoms with Gasteiger partial charge in [0.25, 0.3) is 0 Å². The fourth-order valence-electron chi connectivity index (χ4n) is 4.66. The first-order valence-corrected chi connectivity index (χ1v) is 9.73. The van der Waals surface area contributed by atoms with Crippen LogP contribution in [0.4, 0.5) is 5.88 Å². The summed E-state index contributed by atoms with van der Waals surface area (Å²) in [7, 11) is 0. The molecule has 2 heterocycles. The Kier molecular flexibility index (Phi) is 3.93. The lowest BCUT2D eigenvalue weighted by Gasteiger charge is -2.35. The van der Waals surface area contributed by atoms with Gasteiger partial charge in [-0.1, -0.05) is 59.8 Å². The number of carbonyl (C=O) groups excluding carboxylic acids is 1. The van der Waals surface area contributed by atoms with Gasteiger partial charge in [0, 0.05) is 23.6 Å². The molecule has 2 aromatic carbocycles. The lowest BCUT2D eigenvalue weighted by atomic mass is 9.72. The molecule has 4 nitrogen and oxygen atoms in total. The molecule has 0 amide bonds. The number of nitrogens with zero attached hydrogens (tertiary/aromatic N) is 1. The molecule has 0 saturated carbocycles. The number of rotatable bonds is 2. The Morgan fingerprint density at radius 2 is 1.75 bits per heavy atom. The van der Waals surface area contributed by atoms with Crippen molar-refractivity contribution in [2.45, 2.75) is 38.5 Å². The molecule has 0 radical (unpaired) electrons. The van der Waals surface area contributed by atoms with E-state index in [2.05, 4.69) is 41.7 Å². The highest BCUT2D eigenvalue weighted by molar-refractivity contribution is 6.01. The van der Waals surface area contributed by atoms with E-state index in [9.17, 15) is 4.79 Å². The number of benzene rings is 2. The summed E-state index contributed by atoms with van der Waals surface area (Å²) in [4.78, 5) is 13.4. The Labute approximate surface area is 164 Å². The zero-order chi connectivity index (χ0) is 19.3. The fraction of sp³-hybridized carbons (Fsp3) is 0.250. The summed E-state index contributed by atoms with van der Waals surface area (Å²) in [5, 5.41) is 7.59. The minimum atomic E-state index is -0.122. The van der Waals surface area contributed by atoms with E-state index in [0.29, 0.717) is 12.3 Å². The molecular formula is C24H22N2O2. The maximum atomic E-state index is 13.4.